The molecule has 4 nitrogen and oxygen atoms in total. The summed E-state index contributed by atoms with van der Waals surface area (Å²) in [5.41, 5.74) is 3.96. The van der Waals surface area contributed by atoms with Gasteiger partial charge >= 0.3 is 0 Å². The van der Waals surface area contributed by atoms with Crippen LogP contribution in [0.1, 0.15) is 37.6 Å². The molecule has 0 aliphatic carbocycles. The molecular weight excluding hydrogens is 333 g/mol. The van der Waals surface area contributed by atoms with Crippen LogP contribution in [0.2, 0.25) is 10.0 Å². The highest BCUT2D eigenvalue weighted by atomic mass is 35.5. The second kappa shape index (κ2) is 6.48. The van der Waals surface area contributed by atoms with Crippen LogP contribution in [-0.2, 0) is 6.42 Å². The predicted octanol–water partition coefficient (Wildman–Crippen LogP) is 4.71. The summed E-state index contributed by atoms with van der Waals surface area (Å²) in [5, 5.41) is 16.1. The van der Waals surface area contributed by atoms with Gasteiger partial charge in [-0.15, -0.1) is 0 Å². The minimum absolute atomic E-state index is 0.552. The molecule has 1 N–H and O–H groups in total. The van der Waals surface area contributed by atoms with Gasteiger partial charge in [0.1, 0.15) is 0 Å². The number of hydrogen-bond donors (Lipinski definition) is 1. The molecule has 23 heavy (non-hydrogen) atoms. The molecule has 1 aromatic carbocycles. The van der Waals surface area contributed by atoms with Crippen molar-refractivity contribution < 1.29 is 5.11 Å². The van der Waals surface area contributed by atoms with Crippen molar-refractivity contribution in [3.8, 4) is 11.3 Å². The zero-order valence-electron chi connectivity index (χ0n) is 12.9. The molecule has 3 aromatic rings. The average molecular weight is 350 g/mol. The summed E-state index contributed by atoms with van der Waals surface area (Å²) >= 11 is 12.3. The van der Waals surface area contributed by atoms with Gasteiger partial charge in [-0.2, -0.15) is 5.10 Å². The van der Waals surface area contributed by atoms with Crippen molar-refractivity contribution in [3.05, 3.63) is 51.8 Å². The molecule has 2 aromatic heterocycles. The number of hydrogen-bond acceptors (Lipinski definition) is 3. The first-order chi connectivity index (χ1) is 11.1. The SMILES string of the molecule is CCc1nn2c(-c3ccc(Cl)cc3Cl)ccnc2c1C(O)CC. The second-order valence-electron chi connectivity index (χ2n) is 5.33. The van der Waals surface area contributed by atoms with E-state index in [0.717, 1.165) is 28.9 Å². The van der Waals surface area contributed by atoms with Crippen LogP contribution in [0.3, 0.4) is 0 Å². The van der Waals surface area contributed by atoms with Gasteiger partial charge in [-0.3, -0.25) is 0 Å². The van der Waals surface area contributed by atoms with Crippen molar-refractivity contribution >= 4 is 28.8 Å². The van der Waals surface area contributed by atoms with E-state index in [1.165, 1.54) is 0 Å². The monoisotopic (exact) mass is 349 g/mol. The first kappa shape index (κ1) is 16.2. The molecule has 3 rings (SSSR count). The van der Waals surface area contributed by atoms with Crippen LogP contribution in [-0.4, -0.2) is 19.7 Å². The van der Waals surface area contributed by atoms with Crippen LogP contribution in [0.25, 0.3) is 16.9 Å². The average Bonchev–Trinajstić information content (AvgIpc) is 2.93. The van der Waals surface area contributed by atoms with Crippen molar-refractivity contribution in [2.45, 2.75) is 32.8 Å². The minimum atomic E-state index is -0.578. The number of aromatic nitrogens is 3. The van der Waals surface area contributed by atoms with Gasteiger partial charge in [-0.25, -0.2) is 9.50 Å². The molecule has 2 heterocycles. The Hall–Kier alpha value is -1.62. The largest absolute Gasteiger partial charge is 0.388 e. The van der Waals surface area contributed by atoms with Gasteiger partial charge < -0.3 is 5.11 Å². The summed E-state index contributed by atoms with van der Waals surface area (Å²) in [5.74, 6) is 0. The molecule has 1 unspecified atom stereocenters. The number of aliphatic hydroxyl groups is 1. The van der Waals surface area contributed by atoms with Crippen molar-refractivity contribution in [3.63, 3.8) is 0 Å². The lowest BCUT2D eigenvalue weighted by Gasteiger charge is -2.09. The minimum Gasteiger partial charge on any atom is -0.388 e. The Balaban J connectivity index is 2.29. The number of halogens is 2. The Morgan fingerprint density at radius 2 is 2.00 bits per heavy atom. The fraction of sp³-hybridized carbons (Fsp3) is 0.294. The first-order valence-corrected chi connectivity index (χ1v) is 8.32. The maximum atomic E-state index is 10.3. The summed E-state index contributed by atoms with van der Waals surface area (Å²) in [7, 11) is 0. The molecule has 0 aliphatic rings. The van der Waals surface area contributed by atoms with Crippen molar-refractivity contribution in [2.75, 3.05) is 0 Å². The second-order valence-corrected chi connectivity index (χ2v) is 6.17. The van der Waals surface area contributed by atoms with Gasteiger partial charge in [0, 0.05) is 22.3 Å². The molecule has 0 amide bonds. The quantitative estimate of drug-likeness (QED) is 0.741. The van der Waals surface area contributed by atoms with Crippen LogP contribution < -0.4 is 0 Å². The molecular formula is C17H17Cl2N3O. The summed E-state index contributed by atoms with van der Waals surface area (Å²) in [6.07, 6.45) is 2.47. The maximum absolute atomic E-state index is 10.3. The van der Waals surface area contributed by atoms with E-state index in [0.29, 0.717) is 22.1 Å². The molecule has 0 saturated heterocycles. The highest BCUT2D eigenvalue weighted by molar-refractivity contribution is 6.36. The first-order valence-electron chi connectivity index (χ1n) is 7.56. The number of aliphatic hydroxyl groups excluding tert-OH is 1. The lowest BCUT2D eigenvalue weighted by Crippen LogP contribution is -2.00. The third-order valence-corrected chi connectivity index (χ3v) is 4.44. The van der Waals surface area contributed by atoms with E-state index in [4.69, 9.17) is 23.2 Å². The van der Waals surface area contributed by atoms with E-state index in [1.807, 2.05) is 26.0 Å². The lowest BCUT2D eigenvalue weighted by atomic mass is 10.1. The number of benzene rings is 1. The van der Waals surface area contributed by atoms with E-state index in [9.17, 15) is 5.11 Å². The smallest absolute Gasteiger partial charge is 0.161 e. The van der Waals surface area contributed by atoms with Gasteiger partial charge in [-0.1, -0.05) is 37.0 Å². The van der Waals surface area contributed by atoms with Crippen LogP contribution >= 0.6 is 23.2 Å². The third kappa shape index (κ3) is 2.82. The van der Waals surface area contributed by atoms with E-state index in [1.54, 1.807) is 22.8 Å². The van der Waals surface area contributed by atoms with Gasteiger partial charge in [-0.05, 0) is 37.1 Å². The van der Waals surface area contributed by atoms with Crippen molar-refractivity contribution in [1.29, 1.82) is 0 Å². The number of nitrogens with zero attached hydrogens (tertiary/aromatic N) is 3. The Labute approximate surface area is 144 Å². The number of aryl methyl sites for hydroxylation is 1. The Kier molecular flexibility index (Phi) is 4.57. The molecule has 0 bridgehead atoms. The van der Waals surface area contributed by atoms with Gasteiger partial charge in [0.15, 0.2) is 5.65 Å². The Bertz CT molecular complexity index is 860. The van der Waals surface area contributed by atoms with Crippen LogP contribution in [0.4, 0.5) is 0 Å². The molecule has 0 aliphatic heterocycles. The number of rotatable bonds is 4. The van der Waals surface area contributed by atoms with Crippen molar-refractivity contribution in [2.24, 2.45) is 0 Å². The maximum Gasteiger partial charge on any atom is 0.161 e. The Morgan fingerprint density at radius 1 is 1.22 bits per heavy atom. The molecule has 0 radical (unpaired) electrons. The van der Waals surface area contributed by atoms with E-state index in [2.05, 4.69) is 10.1 Å². The van der Waals surface area contributed by atoms with E-state index >= 15 is 0 Å². The fourth-order valence-electron chi connectivity index (χ4n) is 2.71. The summed E-state index contributed by atoms with van der Waals surface area (Å²) in [6, 6.07) is 7.22. The van der Waals surface area contributed by atoms with Gasteiger partial charge in [0.2, 0.25) is 0 Å². The molecule has 0 saturated carbocycles. The van der Waals surface area contributed by atoms with E-state index < -0.39 is 6.10 Å². The normalized spacial score (nSPS) is 12.7. The molecule has 1 atom stereocenters. The Morgan fingerprint density at radius 3 is 2.65 bits per heavy atom. The molecule has 120 valence electrons. The van der Waals surface area contributed by atoms with Crippen LogP contribution in [0.15, 0.2) is 30.5 Å². The zero-order chi connectivity index (χ0) is 16.6. The lowest BCUT2D eigenvalue weighted by molar-refractivity contribution is 0.174. The summed E-state index contributed by atoms with van der Waals surface area (Å²) in [4.78, 5) is 4.42. The molecule has 0 fully saturated rings. The van der Waals surface area contributed by atoms with Crippen LogP contribution in [0.5, 0.6) is 0 Å². The fourth-order valence-corrected chi connectivity index (χ4v) is 3.22. The predicted molar refractivity (Wildman–Crippen MR) is 93.1 cm³/mol. The van der Waals surface area contributed by atoms with Crippen molar-refractivity contribution in [1.82, 2.24) is 14.6 Å². The highest BCUT2D eigenvalue weighted by Gasteiger charge is 2.21. The highest BCUT2D eigenvalue weighted by Crippen LogP contribution is 2.32. The third-order valence-electron chi connectivity index (χ3n) is 3.89. The van der Waals surface area contributed by atoms with Gasteiger partial charge in [0.25, 0.3) is 0 Å². The topological polar surface area (TPSA) is 50.4 Å². The molecule has 0 spiro atoms. The van der Waals surface area contributed by atoms with Crippen LogP contribution in [0, 0.1) is 0 Å². The van der Waals surface area contributed by atoms with Gasteiger partial charge in [0.05, 0.1) is 22.5 Å². The summed E-state index contributed by atoms with van der Waals surface area (Å²) < 4.78 is 1.75. The standard InChI is InChI=1S/C17H17Cl2N3O/c1-3-13-16(15(23)4-2)17-20-8-7-14(22(17)21-13)11-6-5-10(18)9-12(11)19/h5-9,15,23H,3-4H2,1-2H3. The summed E-state index contributed by atoms with van der Waals surface area (Å²) in [6.45, 7) is 3.95. The van der Waals surface area contributed by atoms with E-state index in [-0.39, 0.29) is 0 Å². The molecule has 6 heteroatoms. The zero-order valence-corrected chi connectivity index (χ0v) is 14.4. The number of fused-ring (bicyclic) bond motifs is 1.